The van der Waals surface area contributed by atoms with E-state index in [9.17, 15) is 4.79 Å². The number of nitrogens with zero attached hydrogens (tertiary/aromatic N) is 2. The van der Waals surface area contributed by atoms with Gasteiger partial charge in [-0.05, 0) is 37.3 Å². The summed E-state index contributed by atoms with van der Waals surface area (Å²) in [5.74, 6) is 0.160. The summed E-state index contributed by atoms with van der Waals surface area (Å²) in [6.45, 7) is 1.91. The lowest BCUT2D eigenvalue weighted by Crippen LogP contribution is -2.14. The SMILES string of the molecule is Cc1cc(-c2ccc(Cl)cc2)nc(SCC(=O)Nc2ccccc2)n1. The van der Waals surface area contributed by atoms with Gasteiger partial charge in [0.2, 0.25) is 5.91 Å². The first kappa shape index (κ1) is 17.5. The van der Waals surface area contributed by atoms with Gasteiger partial charge < -0.3 is 5.32 Å². The number of hydrogen-bond acceptors (Lipinski definition) is 4. The van der Waals surface area contributed by atoms with E-state index in [-0.39, 0.29) is 11.7 Å². The summed E-state index contributed by atoms with van der Waals surface area (Å²) in [4.78, 5) is 21.0. The summed E-state index contributed by atoms with van der Waals surface area (Å²) in [6, 6.07) is 18.8. The summed E-state index contributed by atoms with van der Waals surface area (Å²) in [5, 5.41) is 4.11. The minimum atomic E-state index is -0.0886. The van der Waals surface area contributed by atoms with Crippen LogP contribution in [0.5, 0.6) is 0 Å². The highest BCUT2D eigenvalue weighted by Gasteiger charge is 2.09. The molecule has 0 aliphatic carbocycles. The molecule has 1 aromatic heterocycles. The number of hydrogen-bond donors (Lipinski definition) is 1. The van der Waals surface area contributed by atoms with E-state index < -0.39 is 0 Å². The Morgan fingerprint density at radius 2 is 1.80 bits per heavy atom. The molecule has 0 aliphatic rings. The molecule has 1 heterocycles. The van der Waals surface area contributed by atoms with E-state index in [0.717, 1.165) is 22.6 Å². The molecule has 0 aliphatic heterocycles. The fourth-order valence-corrected chi connectivity index (χ4v) is 3.05. The molecule has 0 saturated carbocycles. The molecule has 1 amide bonds. The van der Waals surface area contributed by atoms with Crippen LogP contribution in [0, 0.1) is 6.92 Å². The number of aryl methyl sites for hydroxylation is 1. The summed E-state index contributed by atoms with van der Waals surface area (Å²) in [7, 11) is 0. The van der Waals surface area contributed by atoms with Gasteiger partial charge in [0.15, 0.2) is 5.16 Å². The lowest BCUT2D eigenvalue weighted by atomic mass is 10.1. The number of halogens is 1. The Morgan fingerprint density at radius 3 is 2.52 bits per heavy atom. The Kier molecular flexibility index (Phi) is 5.68. The average molecular weight is 370 g/mol. The molecule has 2 aromatic carbocycles. The normalized spacial score (nSPS) is 10.5. The molecule has 4 nitrogen and oxygen atoms in total. The second kappa shape index (κ2) is 8.14. The van der Waals surface area contributed by atoms with E-state index in [0.29, 0.717) is 10.2 Å². The molecular formula is C19H16ClN3OS. The maximum absolute atomic E-state index is 12.1. The Hall–Kier alpha value is -2.37. The second-order valence-electron chi connectivity index (χ2n) is 5.39. The molecule has 0 saturated heterocycles. The predicted octanol–water partition coefficient (Wildman–Crippen LogP) is 4.84. The van der Waals surface area contributed by atoms with Crippen molar-refractivity contribution in [1.82, 2.24) is 9.97 Å². The molecule has 0 unspecified atom stereocenters. The summed E-state index contributed by atoms with van der Waals surface area (Å²) in [6.07, 6.45) is 0. The van der Waals surface area contributed by atoms with Crippen LogP contribution >= 0.6 is 23.4 Å². The van der Waals surface area contributed by atoms with Crippen molar-refractivity contribution in [3.63, 3.8) is 0 Å². The van der Waals surface area contributed by atoms with Crippen LogP contribution in [0.25, 0.3) is 11.3 Å². The van der Waals surface area contributed by atoms with Gasteiger partial charge in [0.1, 0.15) is 0 Å². The second-order valence-corrected chi connectivity index (χ2v) is 6.77. The van der Waals surface area contributed by atoms with Crippen molar-refractivity contribution < 1.29 is 4.79 Å². The fraction of sp³-hybridized carbons (Fsp3) is 0.105. The summed E-state index contributed by atoms with van der Waals surface area (Å²) in [5.41, 5.74) is 3.41. The van der Waals surface area contributed by atoms with E-state index >= 15 is 0 Å². The van der Waals surface area contributed by atoms with Crippen LogP contribution in [0.15, 0.2) is 65.8 Å². The molecule has 6 heteroatoms. The zero-order valence-electron chi connectivity index (χ0n) is 13.6. The van der Waals surface area contributed by atoms with Crippen LogP contribution < -0.4 is 5.32 Å². The molecule has 0 radical (unpaired) electrons. The number of thioether (sulfide) groups is 1. The zero-order valence-corrected chi connectivity index (χ0v) is 15.1. The van der Waals surface area contributed by atoms with Gasteiger partial charge in [-0.15, -0.1) is 0 Å². The molecule has 126 valence electrons. The molecule has 0 spiro atoms. The highest BCUT2D eigenvalue weighted by molar-refractivity contribution is 7.99. The third-order valence-electron chi connectivity index (χ3n) is 3.36. The van der Waals surface area contributed by atoms with Crippen molar-refractivity contribution in [2.45, 2.75) is 12.1 Å². The molecular weight excluding hydrogens is 354 g/mol. The van der Waals surface area contributed by atoms with E-state index in [4.69, 9.17) is 11.6 Å². The number of para-hydroxylation sites is 1. The van der Waals surface area contributed by atoms with Crippen LogP contribution in [0.3, 0.4) is 0 Å². The van der Waals surface area contributed by atoms with Gasteiger partial charge in [-0.2, -0.15) is 0 Å². The molecule has 3 aromatic rings. The van der Waals surface area contributed by atoms with Gasteiger partial charge in [0.05, 0.1) is 11.4 Å². The summed E-state index contributed by atoms with van der Waals surface area (Å²) >= 11 is 7.25. The first-order valence-corrected chi connectivity index (χ1v) is 9.06. The number of carbonyl (C=O) groups excluding carboxylic acids is 1. The lowest BCUT2D eigenvalue weighted by molar-refractivity contribution is -0.113. The van der Waals surface area contributed by atoms with Gasteiger partial charge in [0.25, 0.3) is 0 Å². The Balaban J connectivity index is 1.68. The van der Waals surface area contributed by atoms with E-state index in [1.807, 2.05) is 67.6 Å². The van der Waals surface area contributed by atoms with Crippen LogP contribution in [-0.4, -0.2) is 21.6 Å². The number of nitrogens with one attached hydrogen (secondary N) is 1. The molecule has 0 atom stereocenters. The van der Waals surface area contributed by atoms with Crippen molar-refractivity contribution in [1.29, 1.82) is 0 Å². The van der Waals surface area contributed by atoms with Crippen LogP contribution in [-0.2, 0) is 4.79 Å². The Bertz CT molecular complexity index is 870. The van der Waals surface area contributed by atoms with Gasteiger partial charge >= 0.3 is 0 Å². The number of amides is 1. The van der Waals surface area contributed by atoms with E-state index in [1.165, 1.54) is 11.8 Å². The number of rotatable bonds is 5. The highest BCUT2D eigenvalue weighted by Crippen LogP contribution is 2.23. The largest absolute Gasteiger partial charge is 0.325 e. The smallest absolute Gasteiger partial charge is 0.234 e. The summed E-state index contributed by atoms with van der Waals surface area (Å²) < 4.78 is 0. The minimum Gasteiger partial charge on any atom is -0.325 e. The maximum atomic E-state index is 12.1. The van der Waals surface area contributed by atoms with Gasteiger partial charge in [-0.3, -0.25) is 4.79 Å². The van der Waals surface area contributed by atoms with Crippen molar-refractivity contribution in [2.75, 3.05) is 11.1 Å². The topological polar surface area (TPSA) is 54.9 Å². The van der Waals surface area contributed by atoms with Crippen LogP contribution in [0.1, 0.15) is 5.69 Å². The number of aromatic nitrogens is 2. The average Bonchev–Trinajstić information content (AvgIpc) is 2.61. The zero-order chi connectivity index (χ0) is 17.6. The third kappa shape index (κ3) is 5.05. The molecule has 0 fully saturated rings. The first-order chi connectivity index (χ1) is 12.1. The Labute approximate surface area is 155 Å². The third-order valence-corrected chi connectivity index (χ3v) is 4.46. The highest BCUT2D eigenvalue weighted by atomic mass is 35.5. The van der Waals surface area contributed by atoms with Crippen molar-refractivity contribution in [3.05, 3.63) is 71.4 Å². The van der Waals surface area contributed by atoms with Gasteiger partial charge in [0, 0.05) is 22.0 Å². The number of carbonyl (C=O) groups is 1. The molecule has 3 rings (SSSR count). The predicted molar refractivity (Wildman–Crippen MR) is 103 cm³/mol. The Morgan fingerprint density at radius 1 is 1.08 bits per heavy atom. The molecule has 1 N–H and O–H groups in total. The quantitative estimate of drug-likeness (QED) is 0.516. The monoisotopic (exact) mass is 369 g/mol. The van der Waals surface area contributed by atoms with Crippen molar-refractivity contribution in [2.24, 2.45) is 0 Å². The fourth-order valence-electron chi connectivity index (χ4n) is 2.22. The maximum Gasteiger partial charge on any atom is 0.234 e. The molecule has 25 heavy (non-hydrogen) atoms. The minimum absolute atomic E-state index is 0.0886. The van der Waals surface area contributed by atoms with Crippen molar-refractivity contribution >= 4 is 35.0 Å². The molecule has 0 bridgehead atoms. The van der Waals surface area contributed by atoms with Gasteiger partial charge in [-0.25, -0.2) is 9.97 Å². The van der Waals surface area contributed by atoms with E-state index in [2.05, 4.69) is 15.3 Å². The standard InChI is InChI=1S/C19H16ClN3OS/c1-13-11-17(14-7-9-15(20)10-8-14)23-19(21-13)25-12-18(24)22-16-5-3-2-4-6-16/h2-11H,12H2,1H3,(H,22,24). The van der Waals surface area contributed by atoms with Gasteiger partial charge in [-0.1, -0.05) is 53.7 Å². The number of anilines is 1. The van der Waals surface area contributed by atoms with E-state index in [1.54, 1.807) is 0 Å². The van der Waals surface area contributed by atoms with Crippen LogP contribution in [0.4, 0.5) is 5.69 Å². The number of benzene rings is 2. The van der Waals surface area contributed by atoms with Crippen molar-refractivity contribution in [3.8, 4) is 11.3 Å². The lowest BCUT2D eigenvalue weighted by Gasteiger charge is -2.07. The first-order valence-electron chi connectivity index (χ1n) is 7.69. The van der Waals surface area contributed by atoms with Crippen LogP contribution in [0.2, 0.25) is 5.02 Å².